The summed E-state index contributed by atoms with van der Waals surface area (Å²) in [7, 11) is -1.27. The van der Waals surface area contributed by atoms with Crippen molar-refractivity contribution in [2.45, 2.75) is 46.0 Å². The molecule has 0 amide bonds. The SMILES string of the molecule is CC(=O)O[C@@H](C)C#CCC#C[Si](C)(C)C. The summed E-state index contributed by atoms with van der Waals surface area (Å²) in [5.41, 5.74) is 3.22. The first-order chi connectivity index (χ1) is 6.81. The second kappa shape index (κ2) is 6.32. The highest BCUT2D eigenvalue weighted by molar-refractivity contribution is 6.83. The van der Waals surface area contributed by atoms with Crippen molar-refractivity contribution in [2.24, 2.45) is 0 Å². The van der Waals surface area contributed by atoms with Crippen molar-refractivity contribution >= 4 is 14.0 Å². The molecule has 0 aromatic heterocycles. The van der Waals surface area contributed by atoms with Gasteiger partial charge < -0.3 is 4.74 Å². The highest BCUT2D eigenvalue weighted by Crippen LogP contribution is 1.96. The lowest BCUT2D eigenvalue weighted by molar-refractivity contribution is -0.143. The number of carbonyl (C=O) groups excluding carboxylic acids is 1. The minimum absolute atomic E-state index is 0.301. The molecule has 0 aromatic carbocycles. The normalized spacial score (nSPS) is 11.5. The molecule has 1 atom stereocenters. The molecule has 0 aliphatic rings. The van der Waals surface area contributed by atoms with E-state index in [0.717, 1.165) is 0 Å². The lowest BCUT2D eigenvalue weighted by Crippen LogP contribution is -2.16. The molecule has 0 unspecified atom stereocenters. The Balaban J connectivity index is 3.99. The Labute approximate surface area is 93.4 Å². The van der Waals surface area contributed by atoms with Gasteiger partial charge >= 0.3 is 5.97 Å². The van der Waals surface area contributed by atoms with Crippen molar-refractivity contribution in [1.82, 2.24) is 0 Å². The van der Waals surface area contributed by atoms with Crippen LogP contribution < -0.4 is 0 Å². The Bertz CT molecular complexity index is 331. The highest BCUT2D eigenvalue weighted by atomic mass is 28.3. The van der Waals surface area contributed by atoms with Gasteiger partial charge in [-0.1, -0.05) is 37.4 Å². The van der Waals surface area contributed by atoms with Crippen LogP contribution in [0.4, 0.5) is 0 Å². The molecule has 0 rings (SSSR count). The van der Waals surface area contributed by atoms with Crippen LogP contribution in [0, 0.1) is 23.3 Å². The Morgan fingerprint density at radius 3 is 2.40 bits per heavy atom. The van der Waals surface area contributed by atoms with Crippen LogP contribution >= 0.6 is 0 Å². The van der Waals surface area contributed by atoms with Crippen LogP contribution in [0.5, 0.6) is 0 Å². The quantitative estimate of drug-likeness (QED) is 0.386. The first kappa shape index (κ1) is 13.8. The van der Waals surface area contributed by atoms with Gasteiger partial charge in [-0.2, -0.15) is 0 Å². The zero-order chi connectivity index (χ0) is 11.9. The van der Waals surface area contributed by atoms with E-state index in [9.17, 15) is 4.79 Å². The molecule has 3 heteroatoms. The van der Waals surface area contributed by atoms with Crippen LogP contribution in [-0.4, -0.2) is 20.1 Å². The number of esters is 1. The molecule has 0 aliphatic heterocycles. The second-order valence-electron chi connectivity index (χ2n) is 4.30. The molecule has 0 heterocycles. The summed E-state index contributed by atoms with van der Waals surface area (Å²) in [6, 6.07) is 0. The molecule has 2 nitrogen and oxygen atoms in total. The van der Waals surface area contributed by atoms with Crippen LogP contribution in [0.15, 0.2) is 0 Å². The molecule has 15 heavy (non-hydrogen) atoms. The summed E-state index contributed by atoms with van der Waals surface area (Å²) in [5.74, 6) is 8.44. The fourth-order valence-corrected chi connectivity index (χ4v) is 1.45. The standard InChI is InChI=1S/C12H18O2Si/c1-11(14-12(2)13)9-7-6-8-10-15(3,4)5/h11H,6H2,1-5H3/t11-/m0/s1. The zero-order valence-corrected chi connectivity index (χ0v) is 11.1. The van der Waals surface area contributed by atoms with E-state index < -0.39 is 8.07 Å². The maximum atomic E-state index is 10.6. The first-order valence-corrected chi connectivity index (χ1v) is 8.47. The molecule has 0 N–H and O–H groups in total. The summed E-state index contributed by atoms with van der Waals surface area (Å²) < 4.78 is 4.85. The van der Waals surface area contributed by atoms with Crippen LogP contribution in [0.25, 0.3) is 0 Å². The fraction of sp³-hybridized carbons (Fsp3) is 0.583. The molecule has 0 saturated carbocycles. The van der Waals surface area contributed by atoms with Crippen molar-refractivity contribution in [3.8, 4) is 23.3 Å². The van der Waals surface area contributed by atoms with Crippen molar-refractivity contribution < 1.29 is 9.53 Å². The van der Waals surface area contributed by atoms with Crippen LogP contribution in [0.3, 0.4) is 0 Å². The van der Waals surface area contributed by atoms with Gasteiger partial charge in [0.2, 0.25) is 0 Å². The van der Waals surface area contributed by atoms with Gasteiger partial charge in [0.05, 0.1) is 6.42 Å². The number of hydrogen-bond acceptors (Lipinski definition) is 2. The van der Waals surface area contributed by atoms with Crippen LogP contribution in [-0.2, 0) is 9.53 Å². The van der Waals surface area contributed by atoms with E-state index in [2.05, 4.69) is 42.9 Å². The van der Waals surface area contributed by atoms with Crippen LogP contribution in [0.2, 0.25) is 19.6 Å². The summed E-state index contributed by atoms with van der Waals surface area (Å²) in [4.78, 5) is 10.6. The monoisotopic (exact) mass is 222 g/mol. The zero-order valence-electron chi connectivity index (χ0n) is 10.1. The largest absolute Gasteiger partial charge is 0.450 e. The Morgan fingerprint density at radius 1 is 1.33 bits per heavy atom. The number of rotatable bonds is 1. The summed E-state index contributed by atoms with van der Waals surface area (Å²) in [6.07, 6.45) is 0.215. The minimum atomic E-state index is -1.27. The predicted molar refractivity (Wildman–Crippen MR) is 64.7 cm³/mol. The highest BCUT2D eigenvalue weighted by Gasteiger charge is 2.06. The summed E-state index contributed by atoms with van der Waals surface area (Å²) in [5, 5.41) is 0. The third-order valence-electron chi connectivity index (χ3n) is 1.29. The van der Waals surface area contributed by atoms with E-state index in [1.165, 1.54) is 6.92 Å². The molecular weight excluding hydrogens is 204 g/mol. The Kier molecular flexibility index (Phi) is 5.82. The van der Waals surface area contributed by atoms with Gasteiger partial charge in [-0.3, -0.25) is 4.79 Å². The third-order valence-corrected chi connectivity index (χ3v) is 2.22. The smallest absolute Gasteiger partial charge is 0.303 e. The van der Waals surface area contributed by atoms with E-state index in [-0.39, 0.29) is 12.1 Å². The maximum absolute atomic E-state index is 10.6. The van der Waals surface area contributed by atoms with E-state index >= 15 is 0 Å². The molecule has 0 saturated heterocycles. The summed E-state index contributed by atoms with van der Waals surface area (Å²) >= 11 is 0. The number of hydrogen-bond donors (Lipinski definition) is 0. The van der Waals surface area contributed by atoms with Crippen molar-refractivity contribution in [2.75, 3.05) is 0 Å². The maximum Gasteiger partial charge on any atom is 0.303 e. The third kappa shape index (κ3) is 10.7. The number of carbonyl (C=O) groups is 1. The van der Waals surface area contributed by atoms with Gasteiger partial charge in [0, 0.05) is 6.92 Å². The predicted octanol–water partition coefficient (Wildman–Crippen LogP) is 2.21. The van der Waals surface area contributed by atoms with Gasteiger partial charge in [-0.15, -0.1) is 5.54 Å². The van der Waals surface area contributed by atoms with E-state index in [4.69, 9.17) is 4.74 Å². The van der Waals surface area contributed by atoms with Gasteiger partial charge in [-0.05, 0) is 6.92 Å². The Morgan fingerprint density at radius 2 is 1.93 bits per heavy atom. The molecule has 0 fully saturated rings. The molecule has 0 bridgehead atoms. The average Bonchev–Trinajstić information content (AvgIpc) is 1.99. The van der Waals surface area contributed by atoms with Crippen LogP contribution in [0.1, 0.15) is 20.3 Å². The lowest BCUT2D eigenvalue weighted by atomic mass is 10.3. The van der Waals surface area contributed by atoms with Crippen molar-refractivity contribution in [3.05, 3.63) is 0 Å². The first-order valence-electron chi connectivity index (χ1n) is 4.97. The molecule has 0 aromatic rings. The molecular formula is C12H18O2Si. The van der Waals surface area contributed by atoms with E-state index in [1.807, 2.05) is 0 Å². The van der Waals surface area contributed by atoms with E-state index in [1.54, 1.807) is 6.92 Å². The lowest BCUT2D eigenvalue weighted by Gasteiger charge is -2.03. The molecule has 0 aliphatic carbocycles. The summed E-state index contributed by atoms with van der Waals surface area (Å²) in [6.45, 7) is 9.70. The molecule has 82 valence electrons. The minimum Gasteiger partial charge on any atom is -0.450 e. The second-order valence-corrected chi connectivity index (χ2v) is 9.05. The van der Waals surface area contributed by atoms with Crippen molar-refractivity contribution in [1.29, 1.82) is 0 Å². The number of ether oxygens (including phenoxy) is 1. The topological polar surface area (TPSA) is 26.3 Å². The van der Waals surface area contributed by atoms with Gasteiger partial charge in [-0.25, -0.2) is 0 Å². The molecule has 0 spiro atoms. The van der Waals surface area contributed by atoms with Gasteiger partial charge in [0.25, 0.3) is 0 Å². The fourth-order valence-electron chi connectivity index (χ4n) is 0.827. The van der Waals surface area contributed by atoms with Crippen molar-refractivity contribution in [3.63, 3.8) is 0 Å². The van der Waals surface area contributed by atoms with E-state index in [0.29, 0.717) is 6.42 Å². The van der Waals surface area contributed by atoms with Gasteiger partial charge in [0.1, 0.15) is 8.07 Å². The van der Waals surface area contributed by atoms with Gasteiger partial charge in [0.15, 0.2) is 6.10 Å². The average molecular weight is 222 g/mol. The molecule has 0 radical (unpaired) electrons. The Hall–Kier alpha value is -1.19.